The van der Waals surface area contributed by atoms with E-state index >= 15 is 0 Å². The van der Waals surface area contributed by atoms with Crippen molar-refractivity contribution in [3.05, 3.63) is 35.1 Å². The fraction of sp³-hybridized carbons (Fsp3) is 0.412. The normalized spacial score (nSPS) is 14.0. The zero-order chi connectivity index (χ0) is 19.2. The van der Waals surface area contributed by atoms with Crippen LogP contribution in [-0.4, -0.2) is 61.4 Å². The number of hydrogen-bond donors (Lipinski definition) is 2. The molecule has 0 bridgehead atoms. The Morgan fingerprint density at radius 2 is 2.04 bits per heavy atom. The monoisotopic (exact) mass is 391 g/mol. The summed E-state index contributed by atoms with van der Waals surface area (Å²) in [4.78, 5) is 29.4. The van der Waals surface area contributed by atoms with Crippen molar-refractivity contribution < 1.29 is 9.53 Å². The molecule has 1 aliphatic rings. The zero-order valence-corrected chi connectivity index (χ0v) is 16.0. The lowest BCUT2D eigenvalue weighted by atomic mass is 10.3. The average molecular weight is 392 g/mol. The number of urea groups is 1. The molecule has 0 aliphatic carbocycles. The second-order valence-electron chi connectivity index (χ2n) is 6.16. The summed E-state index contributed by atoms with van der Waals surface area (Å²) in [5.41, 5.74) is 0.610. The summed E-state index contributed by atoms with van der Waals surface area (Å²) in [6.07, 6.45) is 0. The van der Waals surface area contributed by atoms with Crippen LogP contribution in [0.3, 0.4) is 0 Å². The first-order valence-electron chi connectivity index (χ1n) is 8.56. The first-order valence-corrected chi connectivity index (χ1v) is 8.94. The number of anilines is 3. The molecule has 1 aromatic carbocycles. The van der Waals surface area contributed by atoms with E-state index in [1.807, 2.05) is 19.0 Å². The molecular weight excluding hydrogens is 370 g/mol. The van der Waals surface area contributed by atoms with E-state index in [1.54, 1.807) is 29.2 Å². The highest BCUT2D eigenvalue weighted by molar-refractivity contribution is 6.30. The highest BCUT2D eigenvalue weighted by Crippen LogP contribution is 2.16. The predicted molar refractivity (Wildman–Crippen MR) is 104 cm³/mol. The number of nitrogens with zero attached hydrogens (tertiary/aromatic N) is 5. The summed E-state index contributed by atoms with van der Waals surface area (Å²) in [6, 6.07) is 6.57. The number of carbonyl (C=O) groups excluding carboxylic acids is 1. The van der Waals surface area contributed by atoms with E-state index in [2.05, 4.69) is 25.6 Å². The van der Waals surface area contributed by atoms with Gasteiger partial charge >= 0.3 is 6.03 Å². The molecule has 0 spiro atoms. The Balaban J connectivity index is 1.67. The molecule has 9 nitrogen and oxygen atoms in total. The lowest BCUT2D eigenvalue weighted by Crippen LogP contribution is -2.38. The SMILES string of the molecule is CN(C)c1nc(CNC(=O)Nc2cccc(Cl)c2)nc(N2CCOCC2)n1. The Hall–Kier alpha value is -2.65. The third kappa shape index (κ3) is 5.41. The second-order valence-corrected chi connectivity index (χ2v) is 6.60. The summed E-state index contributed by atoms with van der Waals surface area (Å²) in [7, 11) is 3.73. The maximum atomic E-state index is 12.1. The number of morpholine rings is 1. The van der Waals surface area contributed by atoms with Crippen LogP contribution in [-0.2, 0) is 11.3 Å². The van der Waals surface area contributed by atoms with Gasteiger partial charge in [-0.1, -0.05) is 17.7 Å². The molecule has 144 valence electrons. The number of rotatable bonds is 5. The standard InChI is InChI=1S/C17H22ClN7O2/c1-24(2)15-21-14(22-16(23-15)25-6-8-27-9-7-25)11-19-17(26)20-13-5-3-4-12(18)10-13/h3-5,10H,6-9,11H2,1-2H3,(H2,19,20,26). The molecule has 2 heterocycles. The van der Waals surface area contributed by atoms with Crippen molar-refractivity contribution in [1.82, 2.24) is 20.3 Å². The van der Waals surface area contributed by atoms with Gasteiger partial charge < -0.3 is 25.2 Å². The van der Waals surface area contributed by atoms with E-state index in [9.17, 15) is 4.79 Å². The van der Waals surface area contributed by atoms with Crippen molar-refractivity contribution in [2.45, 2.75) is 6.54 Å². The minimum absolute atomic E-state index is 0.174. The third-order valence-corrected chi connectivity index (χ3v) is 4.08. The number of hydrogen-bond acceptors (Lipinski definition) is 7. The van der Waals surface area contributed by atoms with Gasteiger partial charge in [0.1, 0.15) is 0 Å². The third-order valence-electron chi connectivity index (χ3n) is 3.84. The lowest BCUT2D eigenvalue weighted by Gasteiger charge is -2.27. The van der Waals surface area contributed by atoms with Crippen molar-refractivity contribution in [2.24, 2.45) is 0 Å². The fourth-order valence-electron chi connectivity index (χ4n) is 2.48. The number of carbonyl (C=O) groups is 1. The van der Waals surface area contributed by atoms with Crippen LogP contribution in [0.15, 0.2) is 24.3 Å². The Kier molecular flexibility index (Phi) is 6.25. The minimum Gasteiger partial charge on any atom is -0.378 e. The van der Waals surface area contributed by atoms with E-state index in [4.69, 9.17) is 16.3 Å². The molecule has 0 atom stereocenters. The molecule has 1 aliphatic heterocycles. The van der Waals surface area contributed by atoms with Gasteiger partial charge in [-0.05, 0) is 18.2 Å². The molecule has 0 radical (unpaired) electrons. The first-order chi connectivity index (χ1) is 13.0. The van der Waals surface area contributed by atoms with Gasteiger partial charge in [-0.15, -0.1) is 0 Å². The number of nitrogens with one attached hydrogen (secondary N) is 2. The Labute approximate surface area is 162 Å². The van der Waals surface area contributed by atoms with Crippen LogP contribution in [0.2, 0.25) is 5.02 Å². The Morgan fingerprint density at radius 1 is 1.26 bits per heavy atom. The molecule has 0 unspecified atom stereocenters. The highest BCUT2D eigenvalue weighted by Gasteiger charge is 2.17. The van der Waals surface area contributed by atoms with Crippen molar-refractivity contribution in [3.63, 3.8) is 0 Å². The molecule has 2 amide bonds. The van der Waals surface area contributed by atoms with Crippen LogP contribution >= 0.6 is 11.6 Å². The van der Waals surface area contributed by atoms with E-state index in [0.29, 0.717) is 41.6 Å². The molecule has 1 fully saturated rings. The van der Waals surface area contributed by atoms with Crippen molar-refractivity contribution >= 4 is 35.2 Å². The zero-order valence-electron chi connectivity index (χ0n) is 15.3. The molecule has 2 aromatic rings. The van der Waals surface area contributed by atoms with Crippen LogP contribution in [0.25, 0.3) is 0 Å². The van der Waals surface area contributed by atoms with Crippen LogP contribution < -0.4 is 20.4 Å². The smallest absolute Gasteiger partial charge is 0.319 e. The van der Waals surface area contributed by atoms with Gasteiger partial charge in [0.2, 0.25) is 11.9 Å². The van der Waals surface area contributed by atoms with Gasteiger partial charge in [0.15, 0.2) is 5.82 Å². The lowest BCUT2D eigenvalue weighted by molar-refractivity contribution is 0.122. The molecular formula is C17H22ClN7O2. The summed E-state index contributed by atoms with van der Waals surface area (Å²) >= 11 is 5.92. The molecule has 1 aromatic heterocycles. The molecule has 27 heavy (non-hydrogen) atoms. The van der Waals surface area contributed by atoms with Gasteiger partial charge in [0.05, 0.1) is 19.8 Å². The number of aromatic nitrogens is 3. The first kappa shape index (κ1) is 19.1. The maximum absolute atomic E-state index is 12.1. The van der Waals surface area contributed by atoms with Crippen molar-refractivity contribution in [3.8, 4) is 0 Å². The molecule has 0 saturated carbocycles. The summed E-state index contributed by atoms with van der Waals surface area (Å²) in [5, 5.41) is 6.03. The van der Waals surface area contributed by atoms with Crippen LogP contribution in [0, 0.1) is 0 Å². The second kappa shape index (κ2) is 8.83. The topological polar surface area (TPSA) is 95.5 Å². The number of benzene rings is 1. The summed E-state index contributed by atoms with van der Waals surface area (Å²) < 4.78 is 5.38. The van der Waals surface area contributed by atoms with Crippen LogP contribution in [0.4, 0.5) is 22.4 Å². The van der Waals surface area contributed by atoms with Gasteiger partial charge in [-0.25, -0.2) is 4.79 Å². The van der Waals surface area contributed by atoms with Gasteiger partial charge in [-0.2, -0.15) is 15.0 Å². The van der Waals surface area contributed by atoms with E-state index in [0.717, 1.165) is 13.1 Å². The number of amides is 2. The molecule has 10 heteroatoms. The largest absolute Gasteiger partial charge is 0.378 e. The van der Waals surface area contributed by atoms with Crippen molar-refractivity contribution in [2.75, 3.05) is 55.5 Å². The Bertz CT molecular complexity index is 797. The summed E-state index contributed by atoms with van der Waals surface area (Å²) in [6.45, 7) is 2.89. The van der Waals surface area contributed by atoms with E-state index < -0.39 is 0 Å². The minimum atomic E-state index is -0.364. The van der Waals surface area contributed by atoms with E-state index in [-0.39, 0.29) is 12.6 Å². The van der Waals surface area contributed by atoms with Gasteiger partial charge in [0, 0.05) is 37.9 Å². The molecule has 3 rings (SSSR count). The van der Waals surface area contributed by atoms with Gasteiger partial charge in [-0.3, -0.25) is 0 Å². The Morgan fingerprint density at radius 3 is 2.74 bits per heavy atom. The number of halogens is 1. The predicted octanol–water partition coefficient (Wildman–Crippen LogP) is 1.75. The molecule has 1 saturated heterocycles. The quantitative estimate of drug-likeness (QED) is 0.801. The highest BCUT2D eigenvalue weighted by atomic mass is 35.5. The number of ether oxygens (including phenoxy) is 1. The maximum Gasteiger partial charge on any atom is 0.319 e. The van der Waals surface area contributed by atoms with Crippen LogP contribution in [0.1, 0.15) is 5.82 Å². The van der Waals surface area contributed by atoms with Gasteiger partial charge in [0.25, 0.3) is 0 Å². The average Bonchev–Trinajstić information content (AvgIpc) is 2.67. The van der Waals surface area contributed by atoms with E-state index in [1.165, 1.54) is 0 Å². The fourth-order valence-corrected chi connectivity index (χ4v) is 2.67. The van der Waals surface area contributed by atoms with Crippen molar-refractivity contribution in [1.29, 1.82) is 0 Å². The molecule has 2 N–H and O–H groups in total. The van der Waals surface area contributed by atoms with Crippen LogP contribution in [0.5, 0.6) is 0 Å². The summed E-state index contributed by atoms with van der Waals surface area (Å²) in [5.74, 6) is 1.61.